The van der Waals surface area contributed by atoms with E-state index in [-0.39, 0.29) is 25.2 Å². The van der Waals surface area contributed by atoms with Gasteiger partial charge in [0.15, 0.2) is 0 Å². The Bertz CT molecular complexity index is 1140. The number of esters is 2. The number of ether oxygens (including phenoxy) is 2. The topological polar surface area (TPSA) is 99.5 Å². The molecule has 0 radical (unpaired) electrons. The molecule has 192 valence electrons. The zero-order chi connectivity index (χ0) is 25.7. The lowest BCUT2D eigenvalue weighted by Crippen LogP contribution is -2.48. The normalized spacial score (nSPS) is 19.6. The first-order chi connectivity index (χ1) is 17.2. The maximum atomic E-state index is 12.0. The molecule has 0 aliphatic carbocycles. The maximum Gasteiger partial charge on any atom is 0.339 e. The highest BCUT2D eigenvalue weighted by Gasteiger charge is 2.31. The zero-order valence-electron chi connectivity index (χ0n) is 21.4. The molecular formula is C28H34N2O6. The van der Waals surface area contributed by atoms with E-state index in [4.69, 9.17) is 9.47 Å². The van der Waals surface area contributed by atoms with Crippen LogP contribution >= 0.6 is 0 Å². The highest BCUT2D eigenvalue weighted by Crippen LogP contribution is 2.34. The van der Waals surface area contributed by atoms with Gasteiger partial charge in [-0.3, -0.25) is 9.80 Å². The third kappa shape index (κ3) is 4.32. The van der Waals surface area contributed by atoms with Crippen molar-refractivity contribution in [2.75, 3.05) is 39.3 Å². The molecule has 8 heteroatoms. The number of β-amino-alcohol motifs (C(OH)–C–C–N with tert-alkyl or cyclic N) is 2. The second-order valence-electron chi connectivity index (χ2n) is 10.3. The van der Waals surface area contributed by atoms with Gasteiger partial charge in [0.2, 0.25) is 0 Å². The van der Waals surface area contributed by atoms with Gasteiger partial charge in [-0.2, -0.15) is 0 Å². The Morgan fingerprint density at radius 2 is 1.08 bits per heavy atom. The number of piperazine rings is 1. The van der Waals surface area contributed by atoms with Gasteiger partial charge in [0.25, 0.3) is 0 Å². The first-order valence-electron chi connectivity index (χ1n) is 12.6. The van der Waals surface area contributed by atoms with Crippen molar-refractivity contribution in [3.05, 3.63) is 67.8 Å². The van der Waals surface area contributed by atoms with Crippen LogP contribution in [0.25, 0.3) is 0 Å². The number of hydrogen-bond acceptors (Lipinski definition) is 8. The molecule has 2 aromatic rings. The second-order valence-corrected chi connectivity index (χ2v) is 10.3. The summed E-state index contributed by atoms with van der Waals surface area (Å²) in [6, 6.07) is 3.83. The highest BCUT2D eigenvalue weighted by atomic mass is 16.5. The van der Waals surface area contributed by atoms with Crippen LogP contribution in [-0.4, -0.2) is 71.2 Å². The van der Waals surface area contributed by atoms with Crippen molar-refractivity contribution in [2.24, 2.45) is 0 Å². The van der Waals surface area contributed by atoms with Gasteiger partial charge in [-0.1, -0.05) is 12.1 Å². The number of aliphatic hydroxyl groups is 2. The number of rotatable bonds is 6. The Morgan fingerprint density at radius 3 is 1.44 bits per heavy atom. The van der Waals surface area contributed by atoms with Crippen LogP contribution in [0.1, 0.15) is 77.4 Å². The summed E-state index contributed by atoms with van der Waals surface area (Å²) in [6.45, 7) is 12.4. The van der Waals surface area contributed by atoms with Crippen molar-refractivity contribution in [3.8, 4) is 0 Å². The third-order valence-electron chi connectivity index (χ3n) is 8.06. The van der Waals surface area contributed by atoms with Crippen molar-refractivity contribution >= 4 is 11.9 Å². The Hall–Kier alpha value is -2.78. The summed E-state index contributed by atoms with van der Waals surface area (Å²) in [5, 5.41) is 22.1. The summed E-state index contributed by atoms with van der Waals surface area (Å²) < 4.78 is 10.4. The van der Waals surface area contributed by atoms with Gasteiger partial charge < -0.3 is 19.7 Å². The maximum absolute atomic E-state index is 12.0. The first kappa shape index (κ1) is 24.9. The van der Waals surface area contributed by atoms with Crippen LogP contribution in [0.2, 0.25) is 0 Å². The molecule has 0 saturated carbocycles. The molecule has 2 atom stereocenters. The lowest BCUT2D eigenvalue weighted by molar-refractivity contribution is 0.0478. The fraction of sp³-hybridized carbons (Fsp3) is 0.500. The molecule has 1 saturated heterocycles. The minimum Gasteiger partial charge on any atom is -0.457 e. The van der Waals surface area contributed by atoms with E-state index in [9.17, 15) is 19.8 Å². The molecule has 36 heavy (non-hydrogen) atoms. The van der Waals surface area contributed by atoms with Crippen LogP contribution in [0, 0.1) is 27.7 Å². The summed E-state index contributed by atoms with van der Waals surface area (Å²) in [5.41, 5.74) is 8.33. The summed E-state index contributed by atoms with van der Waals surface area (Å²) in [7, 11) is 0. The molecule has 2 unspecified atom stereocenters. The number of cyclic esters (lactones) is 2. The van der Waals surface area contributed by atoms with E-state index < -0.39 is 12.2 Å². The minimum atomic E-state index is -0.649. The molecular weight excluding hydrogens is 460 g/mol. The SMILES string of the molecule is Cc1cc(C(O)CN2CCN(CC(O)c3cc(C)c4c(c3C)COC4=O)CC2)c(C)c2c1C(=O)OC2. The summed E-state index contributed by atoms with van der Waals surface area (Å²) in [5.74, 6) is -0.561. The fourth-order valence-electron chi connectivity index (χ4n) is 5.91. The van der Waals surface area contributed by atoms with Gasteiger partial charge in [-0.25, -0.2) is 9.59 Å². The van der Waals surface area contributed by atoms with Gasteiger partial charge in [-0.15, -0.1) is 0 Å². The molecule has 2 N–H and O–H groups in total. The Labute approximate surface area is 211 Å². The van der Waals surface area contributed by atoms with E-state index in [1.165, 1.54) is 0 Å². The number of hydrogen-bond donors (Lipinski definition) is 2. The number of fused-ring (bicyclic) bond motifs is 2. The van der Waals surface area contributed by atoms with Crippen molar-refractivity contribution in [1.29, 1.82) is 0 Å². The average molecular weight is 495 g/mol. The van der Waals surface area contributed by atoms with E-state index in [0.29, 0.717) is 24.2 Å². The molecule has 5 rings (SSSR count). The number of nitrogens with zero attached hydrogens (tertiary/aromatic N) is 2. The number of carbonyl (C=O) groups is 2. The monoisotopic (exact) mass is 494 g/mol. The van der Waals surface area contributed by atoms with Gasteiger partial charge in [0, 0.05) is 50.4 Å². The smallest absolute Gasteiger partial charge is 0.339 e. The van der Waals surface area contributed by atoms with E-state index >= 15 is 0 Å². The minimum absolute atomic E-state index is 0.273. The van der Waals surface area contributed by atoms with Crippen LogP contribution in [0.3, 0.4) is 0 Å². The molecule has 3 aliphatic heterocycles. The lowest BCUT2D eigenvalue weighted by Gasteiger charge is -2.37. The third-order valence-corrected chi connectivity index (χ3v) is 8.06. The average Bonchev–Trinajstić information content (AvgIpc) is 3.43. The summed E-state index contributed by atoms with van der Waals surface area (Å²) in [6.07, 6.45) is -1.30. The predicted octanol–water partition coefficient (Wildman–Crippen LogP) is 2.65. The molecule has 0 aromatic heterocycles. The second kappa shape index (κ2) is 9.59. The number of aliphatic hydroxyl groups excluding tert-OH is 2. The van der Waals surface area contributed by atoms with Crippen LogP contribution in [-0.2, 0) is 22.7 Å². The van der Waals surface area contributed by atoms with Crippen molar-refractivity contribution in [2.45, 2.75) is 53.1 Å². The number of carbonyl (C=O) groups excluding carboxylic acids is 2. The van der Waals surface area contributed by atoms with Gasteiger partial charge in [-0.05, 0) is 61.1 Å². The number of benzene rings is 2. The Kier molecular flexibility index (Phi) is 6.63. The van der Waals surface area contributed by atoms with Crippen LogP contribution in [0.4, 0.5) is 0 Å². The molecule has 1 fully saturated rings. The molecule has 3 heterocycles. The van der Waals surface area contributed by atoms with E-state index in [1.807, 2.05) is 39.8 Å². The van der Waals surface area contributed by atoms with Crippen molar-refractivity contribution in [1.82, 2.24) is 9.80 Å². The molecule has 2 aromatic carbocycles. The summed E-state index contributed by atoms with van der Waals surface area (Å²) in [4.78, 5) is 28.5. The van der Waals surface area contributed by atoms with Crippen LogP contribution in [0.15, 0.2) is 12.1 Å². The van der Waals surface area contributed by atoms with Crippen molar-refractivity contribution < 1.29 is 29.3 Å². The molecule has 0 amide bonds. The molecule has 0 spiro atoms. The predicted molar refractivity (Wildman–Crippen MR) is 133 cm³/mol. The fourth-order valence-corrected chi connectivity index (χ4v) is 5.91. The lowest BCUT2D eigenvalue weighted by atomic mass is 9.91. The van der Waals surface area contributed by atoms with E-state index in [2.05, 4.69) is 9.80 Å². The standard InChI is InChI=1S/C28H34N2O6/c1-15-9-19(17(3)21-13-35-27(33)25(15)21)23(31)11-29-5-7-30(8-6-29)12-24(32)20-10-16(2)26-22(18(20)4)14-36-28(26)34/h9-10,23-24,31-32H,5-8,11-14H2,1-4H3. The number of aryl methyl sites for hydroxylation is 2. The molecule has 0 bridgehead atoms. The highest BCUT2D eigenvalue weighted by molar-refractivity contribution is 5.96. The summed E-state index contributed by atoms with van der Waals surface area (Å²) >= 11 is 0. The largest absolute Gasteiger partial charge is 0.457 e. The quantitative estimate of drug-likeness (QED) is 0.592. The first-order valence-corrected chi connectivity index (χ1v) is 12.6. The molecule has 8 nitrogen and oxygen atoms in total. The molecule has 3 aliphatic rings. The van der Waals surface area contributed by atoms with Crippen LogP contribution in [0.5, 0.6) is 0 Å². The Morgan fingerprint density at radius 1 is 0.722 bits per heavy atom. The van der Waals surface area contributed by atoms with Crippen molar-refractivity contribution in [3.63, 3.8) is 0 Å². The van der Waals surface area contributed by atoms with Gasteiger partial charge >= 0.3 is 11.9 Å². The van der Waals surface area contributed by atoms with Gasteiger partial charge in [0.05, 0.1) is 23.3 Å². The Balaban J connectivity index is 1.19. The van der Waals surface area contributed by atoms with Gasteiger partial charge in [0.1, 0.15) is 13.2 Å². The zero-order valence-corrected chi connectivity index (χ0v) is 21.4. The van der Waals surface area contributed by atoms with Crippen LogP contribution < -0.4 is 0 Å². The van der Waals surface area contributed by atoms with E-state index in [0.717, 1.165) is 70.7 Å². The van der Waals surface area contributed by atoms with E-state index in [1.54, 1.807) is 0 Å².